The molecule has 0 spiro atoms. The van der Waals surface area contributed by atoms with E-state index in [1.165, 1.54) is 0 Å². The highest BCUT2D eigenvalue weighted by atomic mass is 79.9. The zero-order valence-electron chi connectivity index (χ0n) is 4.00. The number of hydrogen-bond donors (Lipinski definition) is 0. The van der Waals surface area contributed by atoms with Crippen LogP contribution in [-0.2, 0) is 0 Å². The maximum absolute atomic E-state index is 11.8. The first-order valence-electron chi connectivity index (χ1n) is 1.98. The molecule has 0 saturated heterocycles. The molecule has 0 nitrogen and oxygen atoms in total. The van der Waals surface area contributed by atoms with Crippen LogP contribution in [-0.4, -0.2) is 11.0 Å². The van der Waals surface area contributed by atoms with E-state index in [2.05, 4.69) is 6.92 Å². The average molecular weight is 190 g/mol. The molecule has 0 aliphatic rings. The van der Waals surface area contributed by atoms with Crippen LogP contribution in [0.2, 0.25) is 0 Å². The van der Waals surface area contributed by atoms with Crippen molar-refractivity contribution < 1.29 is 13.2 Å². The molecule has 49 valence electrons. The zero-order chi connectivity index (χ0) is 6.78. The summed E-state index contributed by atoms with van der Waals surface area (Å²) in [6, 6.07) is 0. The molecular weight excluding hydrogens is 185 g/mol. The molecule has 1 radical (unpaired) electrons. The fourth-order valence-electron chi connectivity index (χ4n) is 0.164. The van der Waals surface area contributed by atoms with E-state index in [1.807, 2.05) is 15.9 Å². The van der Waals surface area contributed by atoms with Gasteiger partial charge >= 0.3 is 4.83 Å². The Balaban J connectivity index is 3.62. The predicted octanol–water partition coefficient (Wildman–Crippen LogP) is 2.54. The van der Waals surface area contributed by atoms with Crippen LogP contribution in [0.25, 0.3) is 0 Å². The summed E-state index contributed by atoms with van der Waals surface area (Å²) < 4.78 is 35.0. The van der Waals surface area contributed by atoms with Crippen molar-refractivity contribution in [2.75, 3.05) is 0 Å². The van der Waals surface area contributed by atoms with Crippen LogP contribution >= 0.6 is 15.9 Å². The summed E-state index contributed by atoms with van der Waals surface area (Å²) in [4.78, 5) is -3.41. The predicted molar refractivity (Wildman–Crippen MR) is 28.7 cm³/mol. The van der Waals surface area contributed by atoms with Gasteiger partial charge in [-0.15, -0.1) is 0 Å². The van der Waals surface area contributed by atoms with Crippen molar-refractivity contribution in [2.45, 2.75) is 17.4 Å². The van der Waals surface area contributed by atoms with Crippen LogP contribution in [0.1, 0.15) is 6.42 Å². The van der Waals surface area contributed by atoms with E-state index in [0.717, 1.165) is 0 Å². The molecule has 0 aromatic carbocycles. The van der Waals surface area contributed by atoms with Crippen molar-refractivity contribution in [3.63, 3.8) is 0 Å². The Morgan fingerprint density at radius 3 is 2.00 bits per heavy atom. The van der Waals surface area contributed by atoms with Gasteiger partial charge in [0.25, 0.3) is 0 Å². The van der Waals surface area contributed by atoms with Crippen LogP contribution < -0.4 is 0 Å². The van der Waals surface area contributed by atoms with Gasteiger partial charge in [-0.1, -0.05) is 6.92 Å². The van der Waals surface area contributed by atoms with Gasteiger partial charge in [-0.05, 0) is 22.4 Å². The quantitative estimate of drug-likeness (QED) is 0.587. The summed E-state index contributed by atoms with van der Waals surface area (Å²) in [7, 11) is 0. The highest BCUT2D eigenvalue weighted by molar-refractivity contribution is 9.10. The van der Waals surface area contributed by atoms with Gasteiger partial charge in [0.2, 0.25) is 0 Å². The monoisotopic (exact) mass is 189 g/mol. The number of rotatable bonds is 2. The molecule has 0 saturated carbocycles. The molecule has 0 aromatic rings. The minimum Gasteiger partial charge on any atom is -0.240 e. The number of alkyl halides is 4. The van der Waals surface area contributed by atoms with Crippen molar-refractivity contribution in [2.24, 2.45) is 0 Å². The molecule has 0 aliphatic carbocycles. The van der Waals surface area contributed by atoms with E-state index in [0.29, 0.717) is 0 Å². The molecule has 0 aliphatic heterocycles. The van der Waals surface area contributed by atoms with Gasteiger partial charge < -0.3 is 0 Å². The number of hydrogen-bond acceptors (Lipinski definition) is 0. The summed E-state index contributed by atoms with van der Waals surface area (Å²) in [6.45, 7) is 2.97. The third-order valence-corrected chi connectivity index (χ3v) is 1.11. The molecule has 1 atom stereocenters. The lowest BCUT2D eigenvalue weighted by molar-refractivity contribution is 0.0234. The van der Waals surface area contributed by atoms with Crippen LogP contribution in [0.5, 0.6) is 0 Å². The standard InChI is InChI=1S/C4H5BrF3/c1-2-3(6)4(5,7)8/h3H,1-2H2. The van der Waals surface area contributed by atoms with Crippen LogP contribution in [0.3, 0.4) is 0 Å². The first kappa shape index (κ1) is 8.27. The maximum atomic E-state index is 11.8. The highest BCUT2D eigenvalue weighted by Gasteiger charge is 2.34. The lowest BCUT2D eigenvalue weighted by Crippen LogP contribution is -2.20. The van der Waals surface area contributed by atoms with Gasteiger partial charge in [-0.3, -0.25) is 0 Å². The summed E-state index contributed by atoms with van der Waals surface area (Å²) in [6.07, 6.45) is -2.60. The second-order valence-corrected chi connectivity index (χ2v) is 2.36. The molecule has 0 fully saturated rings. The Kier molecular flexibility index (Phi) is 2.80. The van der Waals surface area contributed by atoms with Crippen molar-refractivity contribution in [1.29, 1.82) is 0 Å². The van der Waals surface area contributed by atoms with Crippen LogP contribution in [0.15, 0.2) is 0 Å². The molecule has 0 amide bonds. The van der Waals surface area contributed by atoms with E-state index < -0.39 is 17.4 Å². The molecule has 0 aromatic heterocycles. The van der Waals surface area contributed by atoms with Gasteiger partial charge in [-0.25, -0.2) is 4.39 Å². The van der Waals surface area contributed by atoms with Crippen molar-refractivity contribution in [3.05, 3.63) is 6.92 Å². The summed E-state index contributed by atoms with van der Waals surface area (Å²) in [5.74, 6) is 0. The molecule has 0 N–H and O–H groups in total. The maximum Gasteiger partial charge on any atom is 0.331 e. The lowest BCUT2D eigenvalue weighted by atomic mass is 10.3. The Bertz CT molecular complexity index is 68.2. The normalized spacial score (nSPS) is 16.1. The van der Waals surface area contributed by atoms with Crippen molar-refractivity contribution in [3.8, 4) is 0 Å². The smallest absolute Gasteiger partial charge is 0.240 e. The first-order valence-corrected chi connectivity index (χ1v) is 2.78. The average Bonchev–Trinajstić information content (AvgIpc) is 1.62. The van der Waals surface area contributed by atoms with E-state index in [4.69, 9.17) is 0 Å². The third-order valence-electron chi connectivity index (χ3n) is 0.609. The minimum atomic E-state index is -3.41. The molecular formula is C4H5BrF3. The summed E-state index contributed by atoms with van der Waals surface area (Å²) in [5, 5.41) is 0. The molecule has 4 heteroatoms. The second kappa shape index (κ2) is 2.71. The van der Waals surface area contributed by atoms with Gasteiger partial charge in [0.05, 0.1) is 0 Å². The fraction of sp³-hybridized carbons (Fsp3) is 0.750. The third kappa shape index (κ3) is 2.55. The Labute approximate surface area is 54.2 Å². The van der Waals surface area contributed by atoms with Crippen LogP contribution in [0.4, 0.5) is 13.2 Å². The van der Waals surface area contributed by atoms with Crippen LogP contribution in [0, 0.1) is 6.92 Å². The topological polar surface area (TPSA) is 0 Å². The van der Waals surface area contributed by atoms with E-state index >= 15 is 0 Å². The van der Waals surface area contributed by atoms with E-state index in [1.54, 1.807) is 0 Å². The van der Waals surface area contributed by atoms with E-state index in [-0.39, 0.29) is 0 Å². The van der Waals surface area contributed by atoms with Crippen molar-refractivity contribution in [1.82, 2.24) is 0 Å². The van der Waals surface area contributed by atoms with E-state index in [9.17, 15) is 13.2 Å². The van der Waals surface area contributed by atoms with Gasteiger partial charge in [0.1, 0.15) is 0 Å². The summed E-state index contributed by atoms with van der Waals surface area (Å²) >= 11 is 1.86. The SMILES string of the molecule is [CH2]CC(F)C(F)(F)Br. The van der Waals surface area contributed by atoms with Gasteiger partial charge in [-0.2, -0.15) is 8.78 Å². The Morgan fingerprint density at radius 2 is 2.00 bits per heavy atom. The summed E-state index contributed by atoms with van der Waals surface area (Å²) in [5.41, 5.74) is 0. The fourth-order valence-corrected chi connectivity index (χ4v) is 0.393. The highest BCUT2D eigenvalue weighted by Crippen LogP contribution is 2.29. The second-order valence-electron chi connectivity index (χ2n) is 1.30. The van der Waals surface area contributed by atoms with Crippen molar-refractivity contribution >= 4 is 15.9 Å². The molecule has 0 rings (SSSR count). The Hall–Kier alpha value is 0.270. The number of halogens is 4. The zero-order valence-corrected chi connectivity index (χ0v) is 5.59. The first-order chi connectivity index (χ1) is 3.48. The minimum absolute atomic E-state index is 0.418. The molecule has 0 heterocycles. The lowest BCUT2D eigenvalue weighted by Gasteiger charge is -2.10. The van der Waals surface area contributed by atoms with Gasteiger partial charge in [0, 0.05) is 0 Å². The molecule has 1 unspecified atom stereocenters. The Morgan fingerprint density at radius 1 is 1.62 bits per heavy atom. The molecule has 0 bridgehead atoms. The van der Waals surface area contributed by atoms with Gasteiger partial charge in [0.15, 0.2) is 6.17 Å². The largest absolute Gasteiger partial charge is 0.331 e. The molecule has 8 heavy (non-hydrogen) atoms.